The third-order valence-corrected chi connectivity index (χ3v) is 6.02. The van der Waals surface area contributed by atoms with Gasteiger partial charge in [0.25, 0.3) is 5.69 Å². The number of Topliss-reactive ketones (excluding diaryl/α,β-unsaturated/α-hetero) is 1. The van der Waals surface area contributed by atoms with Crippen molar-refractivity contribution in [2.45, 2.75) is 16.9 Å². The fourth-order valence-corrected chi connectivity index (χ4v) is 4.64. The van der Waals surface area contributed by atoms with Gasteiger partial charge in [-0.25, -0.2) is 0 Å². The van der Waals surface area contributed by atoms with E-state index in [1.54, 1.807) is 18.7 Å². The van der Waals surface area contributed by atoms with Gasteiger partial charge in [0, 0.05) is 24.8 Å². The smallest absolute Gasteiger partial charge is 0.259 e. The van der Waals surface area contributed by atoms with Gasteiger partial charge in [0.1, 0.15) is 14.8 Å². The maximum atomic E-state index is 11.8. The van der Waals surface area contributed by atoms with Crippen molar-refractivity contribution in [1.82, 2.24) is 0 Å². The van der Waals surface area contributed by atoms with E-state index in [1.807, 2.05) is 53.4 Å². The van der Waals surface area contributed by atoms with Crippen molar-refractivity contribution in [3.05, 3.63) is 71.4 Å². The number of carbonyl (C=O) groups is 1. The number of hydrogen-bond donors (Lipinski definition) is 1. The first-order valence-electron chi connectivity index (χ1n) is 7.23. The SMILES string of the molecule is CC(=O)c1sc(SCc2ccccc2)c(-[n+]2ccccc2)c1N. The molecule has 23 heavy (non-hydrogen) atoms. The highest BCUT2D eigenvalue weighted by atomic mass is 32.2. The molecular weight excluding hydrogens is 324 g/mol. The lowest BCUT2D eigenvalue weighted by molar-refractivity contribution is -0.596. The second kappa shape index (κ2) is 6.98. The fourth-order valence-electron chi connectivity index (χ4n) is 2.29. The van der Waals surface area contributed by atoms with E-state index < -0.39 is 0 Å². The van der Waals surface area contributed by atoms with Crippen LogP contribution in [0, 0.1) is 0 Å². The molecule has 0 atom stereocenters. The number of nitrogen functional groups attached to an aromatic ring is 1. The predicted octanol–water partition coefficient (Wildman–Crippen LogP) is 4.10. The highest BCUT2D eigenvalue weighted by molar-refractivity contribution is 8.00. The van der Waals surface area contributed by atoms with E-state index in [4.69, 9.17) is 5.73 Å². The Hall–Kier alpha value is -2.11. The van der Waals surface area contributed by atoms with Crippen LogP contribution in [0.15, 0.2) is 65.1 Å². The molecule has 0 bridgehead atoms. The molecule has 116 valence electrons. The van der Waals surface area contributed by atoms with E-state index in [9.17, 15) is 4.79 Å². The monoisotopic (exact) mass is 341 g/mol. The average Bonchev–Trinajstić information content (AvgIpc) is 2.91. The van der Waals surface area contributed by atoms with Crippen LogP contribution in [0.25, 0.3) is 5.69 Å². The number of thioether (sulfide) groups is 1. The van der Waals surface area contributed by atoms with Crippen molar-refractivity contribution in [3.63, 3.8) is 0 Å². The minimum Gasteiger partial charge on any atom is -0.392 e. The van der Waals surface area contributed by atoms with Gasteiger partial charge in [0.05, 0.1) is 0 Å². The highest BCUT2D eigenvalue weighted by Crippen LogP contribution is 2.39. The molecule has 3 aromatic rings. The Morgan fingerprint density at radius 2 is 1.78 bits per heavy atom. The Balaban J connectivity index is 1.98. The van der Waals surface area contributed by atoms with Gasteiger partial charge in [-0.15, -0.1) is 23.1 Å². The number of hydrogen-bond acceptors (Lipinski definition) is 4. The molecule has 0 aliphatic heterocycles. The van der Waals surface area contributed by atoms with Crippen LogP contribution < -0.4 is 10.3 Å². The Kier molecular flexibility index (Phi) is 4.79. The molecule has 0 radical (unpaired) electrons. The third kappa shape index (κ3) is 3.46. The lowest BCUT2D eigenvalue weighted by Gasteiger charge is -2.01. The lowest BCUT2D eigenvalue weighted by Crippen LogP contribution is -2.30. The summed E-state index contributed by atoms with van der Waals surface area (Å²) in [4.78, 5) is 12.5. The molecule has 5 heteroatoms. The molecule has 3 nitrogen and oxygen atoms in total. The number of benzene rings is 1. The molecule has 1 aromatic carbocycles. The fraction of sp³-hybridized carbons (Fsp3) is 0.111. The Morgan fingerprint density at radius 1 is 1.13 bits per heavy atom. The second-order valence-electron chi connectivity index (χ2n) is 5.09. The largest absolute Gasteiger partial charge is 0.392 e. The number of carbonyl (C=O) groups excluding carboxylic acids is 1. The van der Waals surface area contributed by atoms with Crippen molar-refractivity contribution in [2.75, 3.05) is 5.73 Å². The van der Waals surface area contributed by atoms with Crippen molar-refractivity contribution < 1.29 is 9.36 Å². The molecule has 0 amide bonds. The summed E-state index contributed by atoms with van der Waals surface area (Å²) in [5, 5.41) is 0. The molecule has 0 aliphatic rings. The number of ketones is 1. The molecule has 0 unspecified atom stereocenters. The average molecular weight is 341 g/mol. The summed E-state index contributed by atoms with van der Waals surface area (Å²) in [7, 11) is 0. The topological polar surface area (TPSA) is 47.0 Å². The molecule has 3 rings (SSSR count). The number of aromatic nitrogens is 1. The zero-order chi connectivity index (χ0) is 16.2. The zero-order valence-electron chi connectivity index (χ0n) is 12.7. The van der Waals surface area contributed by atoms with Gasteiger partial charge >= 0.3 is 0 Å². The molecule has 0 saturated carbocycles. The summed E-state index contributed by atoms with van der Waals surface area (Å²) in [5.41, 5.74) is 8.98. The minimum absolute atomic E-state index is 0.0110. The number of rotatable bonds is 5. The van der Waals surface area contributed by atoms with Gasteiger partial charge in [0.15, 0.2) is 18.2 Å². The van der Waals surface area contributed by atoms with Crippen LogP contribution in [0.2, 0.25) is 0 Å². The van der Waals surface area contributed by atoms with Crippen molar-refractivity contribution in [3.8, 4) is 5.69 Å². The normalized spacial score (nSPS) is 10.7. The number of pyridine rings is 1. The number of nitrogens with two attached hydrogens (primary N) is 1. The molecule has 2 heterocycles. The molecule has 0 fully saturated rings. The van der Waals surface area contributed by atoms with Crippen molar-refractivity contribution in [1.29, 1.82) is 0 Å². The van der Waals surface area contributed by atoms with Crippen LogP contribution in [0.5, 0.6) is 0 Å². The standard InChI is InChI=1S/C18H16N2OS2/c1-13(21)17-15(19)16(20-10-6-3-7-11-20)18(23-17)22-12-14-8-4-2-5-9-14/h2-11H,12H2,1H3,(H-,19,21)/p+1. The van der Waals surface area contributed by atoms with Gasteiger partial charge in [-0.3, -0.25) is 4.79 Å². The molecule has 2 N–H and O–H groups in total. The van der Waals surface area contributed by atoms with Gasteiger partial charge in [0.2, 0.25) is 0 Å². The molecule has 0 saturated heterocycles. The maximum Gasteiger partial charge on any atom is 0.259 e. The lowest BCUT2D eigenvalue weighted by atomic mass is 10.2. The number of thiophene rings is 1. The Bertz CT molecular complexity index is 814. The molecule has 2 aromatic heterocycles. The van der Waals surface area contributed by atoms with E-state index in [0.29, 0.717) is 10.6 Å². The quantitative estimate of drug-likeness (QED) is 0.432. The summed E-state index contributed by atoms with van der Waals surface area (Å²) < 4.78 is 3.04. The first-order chi connectivity index (χ1) is 11.2. The van der Waals surface area contributed by atoms with Crippen LogP contribution in [0.3, 0.4) is 0 Å². The molecule has 0 aliphatic carbocycles. The van der Waals surface area contributed by atoms with E-state index in [2.05, 4.69) is 12.1 Å². The van der Waals surface area contributed by atoms with E-state index >= 15 is 0 Å². The first-order valence-corrected chi connectivity index (χ1v) is 9.03. The zero-order valence-corrected chi connectivity index (χ0v) is 14.4. The van der Waals surface area contributed by atoms with Gasteiger partial charge in [-0.1, -0.05) is 36.4 Å². The van der Waals surface area contributed by atoms with Gasteiger partial charge < -0.3 is 5.73 Å². The van der Waals surface area contributed by atoms with Crippen molar-refractivity contribution >= 4 is 34.6 Å². The Labute approximate surface area is 143 Å². The minimum atomic E-state index is 0.0110. The highest BCUT2D eigenvalue weighted by Gasteiger charge is 2.26. The second-order valence-corrected chi connectivity index (χ2v) is 7.36. The van der Waals surface area contributed by atoms with Crippen LogP contribution in [0.4, 0.5) is 5.69 Å². The number of anilines is 1. The Morgan fingerprint density at radius 3 is 2.43 bits per heavy atom. The predicted molar refractivity (Wildman–Crippen MR) is 96.3 cm³/mol. The van der Waals surface area contributed by atoms with Crippen LogP contribution in [-0.4, -0.2) is 5.78 Å². The van der Waals surface area contributed by atoms with Gasteiger partial charge in [-0.2, -0.15) is 4.57 Å². The van der Waals surface area contributed by atoms with E-state index in [1.165, 1.54) is 16.9 Å². The van der Waals surface area contributed by atoms with Crippen LogP contribution in [0.1, 0.15) is 22.2 Å². The van der Waals surface area contributed by atoms with Crippen LogP contribution in [-0.2, 0) is 5.75 Å². The maximum absolute atomic E-state index is 11.8. The van der Waals surface area contributed by atoms with E-state index in [-0.39, 0.29) is 5.78 Å². The molecular formula is C18H17N2OS2+. The molecule has 0 spiro atoms. The summed E-state index contributed by atoms with van der Waals surface area (Å²) in [6.07, 6.45) is 3.91. The summed E-state index contributed by atoms with van der Waals surface area (Å²) in [6, 6.07) is 16.2. The summed E-state index contributed by atoms with van der Waals surface area (Å²) >= 11 is 3.19. The first kappa shape index (κ1) is 15.8. The van der Waals surface area contributed by atoms with Gasteiger partial charge in [-0.05, 0) is 5.56 Å². The summed E-state index contributed by atoms with van der Waals surface area (Å²) in [6.45, 7) is 1.56. The van der Waals surface area contributed by atoms with Crippen LogP contribution >= 0.6 is 23.1 Å². The van der Waals surface area contributed by atoms with E-state index in [0.717, 1.165) is 15.6 Å². The summed E-state index contributed by atoms with van der Waals surface area (Å²) in [5.74, 6) is 0.857. The van der Waals surface area contributed by atoms with Crippen molar-refractivity contribution in [2.24, 2.45) is 0 Å². The third-order valence-electron chi connectivity index (χ3n) is 3.39. The number of nitrogens with zero attached hydrogens (tertiary/aromatic N) is 1.